The predicted molar refractivity (Wildman–Crippen MR) is 71.6 cm³/mol. The standard InChI is InChI=1S/C15H24O4/c1-6-18-12(17)7-10(2)15-13(3,4)8-11(16)9-14(15,5)19-15/h7,11,16H,6,8-9H2,1-5H3/b10-7+/t11-,14+,15+/m0/s1. The number of esters is 1. The third-order valence-corrected chi connectivity index (χ3v) is 4.58. The van der Waals surface area contributed by atoms with E-state index in [9.17, 15) is 9.90 Å². The van der Waals surface area contributed by atoms with Crippen LogP contribution in [-0.2, 0) is 14.3 Å². The summed E-state index contributed by atoms with van der Waals surface area (Å²) in [5, 5.41) is 9.98. The highest BCUT2D eigenvalue weighted by Gasteiger charge is 2.76. The van der Waals surface area contributed by atoms with E-state index in [1.54, 1.807) is 6.92 Å². The molecule has 0 aromatic heterocycles. The zero-order valence-electron chi connectivity index (χ0n) is 12.4. The van der Waals surface area contributed by atoms with Crippen molar-refractivity contribution in [2.24, 2.45) is 5.41 Å². The average Bonchev–Trinajstić information content (AvgIpc) is 2.85. The Kier molecular flexibility index (Phi) is 3.30. The summed E-state index contributed by atoms with van der Waals surface area (Å²) in [6, 6.07) is 0. The summed E-state index contributed by atoms with van der Waals surface area (Å²) >= 11 is 0. The lowest BCUT2D eigenvalue weighted by Gasteiger charge is -2.41. The monoisotopic (exact) mass is 268 g/mol. The molecular formula is C15H24O4. The summed E-state index contributed by atoms with van der Waals surface area (Å²) in [6.45, 7) is 10.3. The van der Waals surface area contributed by atoms with E-state index in [1.165, 1.54) is 6.08 Å². The number of ether oxygens (including phenoxy) is 2. The van der Waals surface area contributed by atoms with E-state index in [2.05, 4.69) is 13.8 Å². The van der Waals surface area contributed by atoms with Crippen LogP contribution in [0, 0.1) is 5.41 Å². The van der Waals surface area contributed by atoms with Crippen LogP contribution < -0.4 is 0 Å². The number of epoxide rings is 1. The number of fused-ring (bicyclic) bond motifs is 1. The van der Waals surface area contributed by atoms with E-state index in [-0.39, 0.29) is 23.1 Å². The minimum atomic E-state index is -0.452. The molecule has 3 atom stereocenters. The number of hydrogen-bond acceptors (Lipinski definition) is 4. The van der Waals surface area contributed by atoms with Crippen molar-refractivity contribution < 1.29 is 19.4 Å². The van der Waals surface area contributed by atoms with Gasteiger partial charge in [-0.3, -0.25) is 0 Å². The van der Waals surface area contributed by atoms with Gasteiger partial charge in [0.05, 0.1) is 12.7 Å². The highest BCUT2D eigenvalue weighted by atomic mass is 16.6. The Morgan fingerprint density at radius 1 is 1.42 bits per heavy atom. The fourth-order valence-electron chi connectivity index (χ4n) is 4.10. The third-order valence-electron chi connectivity index (χ3n) is 4.58. The minimum Gasteiger partial charge on any atom is -0.463 e. The van der Waals surface area contributed by atoms with Gasteiger partial charge < -0.3 is 14.6 Å². The van der Waals surface area contributed by atoms with Gasteiger partial charge in [0.25, 0.3) is 0 Å². The van der Waals surface area contributed by atoms with Gasteiger partial charge in [-0.25, -0.2) is 4.79 Å². The van der Waals surface area contributed by atoms with E-state index >= 15 is 0 Å². The van der Waals surface area contributed by atoms with E-state index < -0.39 is 5.60 Å². The first kappa shape index (κ1) is 14.5. The van der Waals surface area contributed by atoms with Crippen LogP contribution in [0.1, 0.15) is 47.5 Å². The fraction of sp³-hybridized carbons (Fsp3) is 0.800. The number of carbonyl (C=O) groups excluding carboxylic acids is 1. The Labute approximate surface area is 114 Å². The van der Waals surface area contributed by atoms with Gasteiger partial charge in [0.1, 0.15) is 11.2 Å². The molecule has 0 radical (unpaired) electrons. The number of aliphatic hydroxyl groups is 1. The average molecular weight is 268 g/mol. The first-order chi connectivity index (χ1) is 8.68. The predicted octanol–water partition coefficient (Wildman–Crippen LogP) is 2.20. The summed E-state index contributed by atoms with van der Waals surface area (Å²) in [5.74, 6) is -0.325. The largest absolute Gasteiger partial charge is 0.463 e. The van der Waals surface area contributed by atoms with Crippen molar-refractivity contribution >= 4 is 5.97 Å². The van der Waals surface area contributed by atoms with Crippen LogP contribution in [0.15, 0.2) is 11.6 Å². The molecule has 4 nitrogen and oxygen atoms in total. The van der Waals surface area contributed by atoms with Crippen LogP contribution in [0.5, 0.6) is 0 Å². The highest BCUT2D eigenvalue weighted by molar-refractivity contribution is 5.83. The van der Waals surface area contributed by atoms with Gasteiger partial charge in [0, 0.05) is 17.9 Å². The van der Waals surface area contributed by atoms with Crippen LogP contribution in [0.25, 0.3) is 0 Å². The van der Waals surface area contributed by atoms with Crippen molar-refractivity contribution in [1.29, 1.82) is 0 Å². The van der Waals surface area contributed by atoms with Crippen LogP contribution >= 0.6 is 0 Å². The smallest absolute Gasteiger partial charge is 0.330 e. The maximum atomic E-state index is 11.6. The molecule has 1 saturated carbocycles. The lowest BCUT2D eigenvalue weighted by Crippen LogP contribution is -2.48. The van der Waals surface area contributed by atoms with Crippen LogP contribution in [-0.4, -0.2) is 35.0 Å². The van der Waals surface area contributed by atoms with Gasteiger partial charge in [-0.2, -0.15) is 0 Å². The van der Waals surface area contributed by atoms with Gasteiger partial charge in [-0.15, -0.1) is 0 Å². The second-order valence-corrected chi connectivity index (χ2v) is 6.54. The van der Waals surface area contributed by atoms with Crippen LogP contribution in [0.4, 0.5) is 0 Å². The lowest BCUT2D eigenvalue weighted by molar-refractivity contribution is -0.137. The van der Waals surface area contributed by atoms with E-state index in [1.807, 2.05) is 13.8 Å². The van der Waals surface area contributed by atoms with Crippen LogP contribution in [0.2, 0.25) is 0 Å². The maximum Gasteiger partial charge on any atom is 0.330 e. The summed E-state index contributed by atoms with van der Waals surface area (Å²) in [7, 11) is 0. The molecule has 4 heteroatoms. The molecule has 108 valence electrons. The van der Waals surface area contributed by atoms with E-state index in [4.69, 9.17) is 9.47 Å². The molecular weight excluding hydrogens is 244 g/mol. The molecule has 1 aliphatic heterocycles. The summed E-state index contributed by atoms with van der Waals surface area (Å²) < 4.78 is 11.0. The van der Waals surface area contributed by atoms with Crippen molar-refractivity contribution in [2.45, 2.75) is 64.8 Å². The van der Waals surface area contributed by atoms with E-state index in [0.29, 0.717) is 19.4 Å². The normalized spacial score (nSPS) is 40.5. The first-order valence-corrected chi connectivity index (χ1v) is 6.92. The molecule has 0 amide bonds. The van der Waals surface area contributed by atoms with Crippen molar-refractivity contribution in [1.82, 2.24) is 0 Å². The summed E-state index contributed by atoms with van der Waals surface area (Å²) in [4.78, 5) is 11.6. The quantitative estimate of drug-likeness (QED) is 0.484. The van der Waals surface area contributed by atoms with Crippen molar-refractivity contribution in [2.75, 3.05) is 6.61 Å². The molecule has 2 rings (SSSR count). The Bertz CT molecular complexity index is 426. The first-order valence-electron chi connectivity index (χ1n) is 6.92. The molecule has 1 heterocycles. The molecule has 0 aromatic carbocycles. The molecule has 0 aromatic rings. The molecule has 1 saturated heterocycles. The van der Waals surface area contributed by atoms with Crippen molar-refractivity contribution in [3.8, 4) is 0 Å². The Morgan fingerprint density at radius 3 is 2.58 bits per heavy atom. The van der Waals surface area contributed by atoms with Gasteiger partial charge >= 0.3 is 5.97 Å². The Hall–Kier alpha value is -0.870. The topological polar surface area (TPSA) is 59.1 Å². The maximum absolute atomic E-state index is 11.6. The molecule has 0 unspecified atom stereocenters. The third kappa shape index (κ3) is 2.01. The minimum absolute atomic E-state index is 0.202. The number of hydrogen-bond donors (Lipinski definition) is 1. The highest BCUT2D eigenvalue weighted by Crippen LogP contribution is 2.68. The second kappa shape index (κ2) is 4.32. The van der Waals surface area contributed by atoms with Gasteiger partial charge in [0.2, 0.25) is 0 Å². The molecule has 2 aliphatic rings. The molecule has 2 fully saturated rings. The zero-order chi connectivity index (χ0) is 14.5. The molecule has 1 aliphatic carbocycles. The fourth-order valence-corrected chi connectivity index (χ4v) is 4.10. The lowest BCUT2D eigenvalue weighted by atomic mass is 9.60. The molecule has 0 bridgehead atoms. The molecule has 19 heavy (non-hydrogen) atoms. The van der Waals surface area contributed by atoms with Crippen molar-refractivity contribution in [3.05, 3.63) is 11.6 Å². The van der Waals surface area contributed by atoms with Gasteiger partial charge in [-0.05, 0) is 32.8 Å². The molecule has 0 spiro atoms. The Balaban J connectivity index is 2.30. The Morgan fingerprint density at radius 2 is 2.05 bits per heavy atom. The van der Waals surface area contributed by atoms with E-state index in [0.717, 1.165) is 5.57 Å². The summed E-state index contributed by atoms with van der Waals surface area (Å²) in [5.41, 5.74) is -0.134. The summed E-state index contributed by atoms with van der Waals surface area (Å²) in [6.07, 6.45) is 2.49. The van der Waals surface area contributed by atoms with Gasteiger partial charge in [-0.1, -0.05) is 13.8 Å². The SMILES string of the molecule is CCOC(=O)/C=C(\C)[C@]12O[C@]1(C)C[C@@H](O)CC2(C)C. The number of rotatable bonds is 3. The van der Waals surface area contributed by atoms with Gasteiger partial charge in [0.15, 0.2) is 0 Å². The zero-order valence-corrected chi connectivity index (χ0v) is 12.4. The molecule has 1 N–H and O–H groups in total. The van der Waals surface area contributed by atoms with Crippen molar-refractivity contribution in [3.63, 3.8) is 0 Å². The number of aliphatic hydroxyl groups excluding tert-OH is 1. The second-order valence-electron chi connectivity index (χ2n) is 6.54. The van der Waals surface area contributed by atoms with Crippen LogP contribution in [0.3, 0.4) is 0 Å². The number of carbonyl (C=O) groups is 1.